The second kappa shape index (κ2) is 7.87. The Hall–Kier alpha value is -2.86. The molecule has 4 rings (SSSR count). The number of carbonyl (C=O) groups excluding carboxylic acids is 2. The largest absolute Gasteiger partial charge is 0.444 e. The first-order valence-electron chi connectivity index (χ1n) is 11.6. The van der Waals surface area contributed by atoms with Gasteiger partial charge in [-0.25, -0.2) is 4.79 Å². The van der Waals surface area contributed by atoms with Crippen molar-refractivity contribution in [3.63, 3.8) is 0 Å². The summed E-state index contributed by atoms with van der Waals surface area (Å²) in [6.45, 7) is 9.91. The first-order chi connectivity index (χ1) is 15.4. The fourth-order valence-electron chi connectivity index (χ4n) is 5.32. The zero-order valence-corrected chi connectivity index (χ0v) is 20.2. The van der Waals surface area contributed by atoms with E-state index in [1.807, 2.05) is 81.4 Å². The van der Waals surface area contributed by atoms with Crippen LogP contribution >= 0.6 is 0 Å². The maximum Gasteiger partial charge on any atom is 0.411 e. The predicted molar refractivity (Wildman–Crippen MR) is 126 cm³/mol. The molecule has 33 heavy (non-hydrogen) atoms. The number of nitrogens with zero attached hydrogens (tertiary/aromatic N) is 2. The number of ether oxygens (including phenoxy) is 1. The van der Waals surface area contributed by atoms with Gasteiger partial charge in [0.15, 0.2) is 5.54 Å². The molecule has 2 aromatic rings. The lowest BCUT2D eigenvalue weighted by Crippen LogP contribution is -2.76. The molecule has 2 fully saturated rings. The Bertz CT molecular complexity index is 1030. The second-order valence-corrected chi connectivity index (χ2v) is 10.6. The van der Waals surface area contributed by atoms with Crippen LogP contribution in [0.1, 0.15) is 58.6 Å². The summed E-state index contributed by atoms with van der Waals surface area (Å²) < 4.78 is 5.67. The van der Waals surface area contributed by atoms with E-state index in [0.29, 0.717) is 25.9 Å². The molecule has 2 amide bonds. The molecule has 1 N–H and O–H groups in total. The summed E-state index contributed by atoms with van der Waals surface area (Å²) in [6.07, 6.45) is 0.645. The van der Waals surface area contributed by atoms with Gasteiger partial charge in [0, 0.05) is 19.5 Å². The number of carbonyl (C=O) groups is 2. The van der Waals surface area contributed by atoms with Crippen molar-refractivity contribution in [2.24, 2.45) is 0 Å². The number of aliphatic hydroxyl groups is 1. The number of amides is 2. The number of likely N-dealkylation sites (tertiary alicyclic amines) is 2. The molecule has 0 unspecified atom stereocenters. The van der Waals surface area contributed by atoms with Crippen LogP contribution in [0.15, 0.2) is 60.7 Å². The first-order valence-corrected chi connectivity index (χ1v) is 11.6. The highest BCUT2D eigenvalue weighted by Crippen LogP contribution is 2.53. The Kier molecular flexibility index (Phi) is 5.56. The SMILES string of the molecule is CC(C)(C)OC(=O)N1CC[C@@]1(C(=O)N1CC[C@@]1(c1ccccc1)C(C)(C)O)c1ccccc1. The van der Waals surface area contributed by atoms with E-state index in [4.69, 9.17) is 4.74 Å². The average molecular weight is 451 g/mol. The van der Waals surface area contributed by atoms with E-state index in [-0.39, 0.29) is 5.91 Å². The van der Waals surface area contributed by atoms with E-state index in [9.17, 15) is 14.7 Å². The number of rotatable bonds is 4. The summed E-state index contributed by atoms with van der Waals surface area (Å²) in [7, 11) is 0. The van der Waals surface area contributed by atoms with Crippen molar-refractivity contribution in [3.05, 3.63) is 71.8 Å². The van der Waals surface area contributed by atoms with E-state index in [0.717, 1.165) is 11.1 Å². The van der Waals surface area contributed by atoms with Crippen LogP contribution < -0.4 is 0 Å². The monoisotopic (exact) mass is 450 g/mol. The predicted octanol–water partition coefficient (Wildman–Crippen LogP) is 4.42. The van der Waals surface area contributed by atoms with Crippen molar-refractivity contribution in [1.82, 2.24) is 9.80 Å². The quantitative estimate of drug-likeness (QED) is 0.749. The fourth-order valence-corrected chi connectivity index (χ4v) is 5.32. The van der Waals surface area contributed by atoms with E-state index in [1.54, 1.807) is 23.6 Å². The molecular weight excluding hydrogens is 416 g/mol. The van der Waals surface area contributed by atoms with Gasteiger partial charge in [-0.05, 0) is 52.2 Å². The van der Waals surface area contributed by atoms with Crippen molar-refractivity contribution in [1.29, 1.82) is 0 Å². The van der Waals surface area contributed by atoms with Gasteiger partial charge < -0.3 is 14.7 Å². The Labute approximate surface area is 196 Å². The zero-order valence-electron chi connectivity index (χ0n) is 20.2. The summed E-state index contributed by atoms with van der Waals surface area (Å²) in [5, 5.41) is 11.3. The van der Waals surface area contributed by atoms with Crippen LogP contribution in [0.2, 0.25) is 0 Å². The molecule has 2 aromatic carbocycles. The van der Waals surface area contributed by atoms with Crippen LogP contribution in [0.5, 0.6) is 0 Å². The average Bonchev–Trinajstić information content (AvgIpc) is 2.66. The highest BCUT2D eigenvalue weighted by Gasteiger charge is 2.65. The normalized spacial score (nSPS) is 25.2. The number of hydrogen-bond acceptors (Lipinski definition) is 4. The molecular formula is C27H34N2O4. The third kappa shape index (κ3) is 3.61. The molecule has 2 saturated heterocycles. The number of hydrogen-bond donors (Lipinski definition) is 1. The molecule has 0 aromatic heterocycles. The highest BCUT2D eigenvalue weighted by atomic mass is 16.6. The molecule has 0 spiro atoms. The Morgan fingerprint density at radius 2 is 1.33 bits per heavy atom. The van der Waals surface area contributed by atoms with Crippen molar-refractivity contribution in [3.8, 4) is 0 Å². The lowest BCUT2D eigenvalue weighted by molar-refractivity contribution is -0.197. The molecule has 0 saturated carbocycles. The summed E-state index contributed by atoms with van der Waals surface area (Å²) >= 11 is 0. The van der Waals surface area contributed by atoms with Crippen LogP contribution in [-0.4, -0.2) is 51.2 Å². The van der Waals surface area contributed by atoms with Crippen LogP contribution in [0.3, 0.4) is 0 Å². The molecule has 2 heterocycles. The maximum atomic E-state index is 14.4. The van der Waals surface area contributed by atoms with Gasteiger partial charge in [-0.1, -0.05) is 60.7 Å². The molecule has 0 bridgehead atoms. The van der Waals surface area contributed by atoms with Gasteiger partial charge in [0.1, 0.15) is 5.60 Å². The van der Waals surface area contributed by atoms with E-state index < -0.39 is 28.4 Å². The summed E-state index contributed by atoms with van der Waals surface area (Å²) in [4.78, 5) is 30.9. The van der Waals surface area contributed by atoms with Crippen LogP contribution in [-0.2, 0) is 20.6 Å². The third-order valence-electron chi connectivity index (χ3n) is 7.04. The standard InChI is InChI=1S/C27H34N2O4/c1-24(2,3)33-23(31)29-18-16-26(29,20-12-8-6-9-13-20)22(30)28-19-17-27(28,25(4,5)32)21-14-10-7-11-15-21/h6-15,32H,16-19H2,1-5H3/t26-,27+/m0/s1. The fraction of sp³-hybridized carbons (Fsp3) is 0.481. The Balaban J connectivity index is 1.79. The minimum atomic E-state index is -1.18. The topological polar surface area (TPSA) is 70.1 Å². The highest BCUT2D eigenvalue weighted by molar-refractivity contribution is 5.94. The van der Waals surface area contributed by atoms with Gasteiger partial charge in [-0.3, -0.25) is 9.69 Å². The maximum absolute atomic E-state index is 14.4. The van der Waals surface area contributed by atoms with Crippen LogP contribution in [0.4, 0.5) is 4.79 Å². The number of benzene rings is 2. The molecule has 0 aliphatic carbocycles. The minimum Gasteiger partial charge on any atom is -0.444 e. The summed E-state index contributed by atoms with van der Waals surface area (Å²) in [5.41, 5.74) is -2.23. The van der Waals surface area contributed by atoms with Crippen molar-refractivity contribution in [2.45, 2.75) is 69.7 Å². The van der Waals surface area contributed by atoms with Gasteiger partial charge in [-0.15, -0.1) is 0 Å². The van der Waals surface area contributed by atoms with Gasteiger partial charge in [0.2, 0.25) is 0 Å². The van der Waals surface area contributed by atoms with E-state index in [2.05, 4.69) is 0 Å². The second-order valence-electron chi connectivity index (χ2n) is 10.6. The van der Waals surface area contributed by atoms with E-state index in [1.165, 1.54) is 0 Å². The van der Waals surface area contributed by atoms with Gasteiger partial charge in [0.05, 0.1) is 11.1 Å². The third-order valence-corrected chi connectivity index (χ3v) is 7.04. The minimum absolute atomic E-state index is 0.178. The van der Waals surface area contributed by atoms with E-state index >= 15 is 0 Å². The molecule has 6 nitrogen and oxygen atoms in total. The molecule has 176 valence electrons. The Morgan fingerprint density at radius 1 is 0.818 bits per heavy atom. The lowest BCUT2D eigenvalue weighted by atomic mass is 9.65. The van der Waals surface area contributed by atoms with Gasteiger partial charge >= 0.3 is 6.09 Å². The van der Waals surface area contributed by atoms with Crippen molar-refractivity contribution < 1.29 is 19.4 Å². The van der Waals surface area contributed by atoms with Gasteiger partial charge in [0.25, 0.3) is 5.91 Å². The summed E-state index contributed by atoms with van der Waals surface area (Å²) in [6, 6.07) is 19.1. The molecule has 2 atom stereocenters. The van der Waals surface area contributed by atoms with Crippen molar-refractivity contribution in [2.75, 3.05) is 13.1 Å². The van der Waals surface area contributed by atoms with Crippen molar-refractivity contribution >= 4 is 12.0 Å². The van der Waals surface area contributed by atoms with Crippen LogP contribution in [0, 0.1) is 0 Å². The smallest absolute Gasteiger partial charge is 0.411 e. The Morgan fingerprint density at radius 3 is 1.73 bits per heavy atom. The molecule has 0 radical (unpaired) electrons. The van der Waals surface area contributed by atoms with Gasteiger partial charge in [-0.2, -0.15) is 0 Å². The first kappa shape index (κ1) is 23.3. The molecule has 6 heteroatoms. The summed E-state index contributed by atoms with van der Waals surface area (Å²) in [5.74, 6) is -0.178. The molecule has 2 aliphatic heterocycles. The zero-order chi connectivity index (χ0) is 24.1. The lowest BCUT2D eigenvalue weighted by Gasteiger charge is -2.63. The van der Waals surface area contributed by atoms with Crippen LogP contribution in [0.25, 0.3) is 0 Å². The molecule has 2 aliphatic rings.